The number of phenols is 1. The molecule has 5 nitrogen and oxygen atoms in total. The topological polar surface area (TPSA) is 78.4 Å². The molecular weight excluding hydrogens is 232 g/mol. The minimum Gasteiger partial charge on any atom is -0.505 e. The van der Waals surface area contributed by atoms with Crippen molar-refractivity contribution in [3.05, 3.63) is 17.7 Å². The first-order chi connectivity index (χ1) is 8.52. The Morgan fingerprint density at radius 2 is 2.28 bits per heavy atom. The van der Waals surface area contributed by atoms with Crippen LogP contribution in [0.15, 0.2) is 12.1 Å². The molecule has 1 aromatic rings. The first-order valence-electron chi connectivity index (χ1n) is 5.98. The molecule has 0 saturated carbocycles. The van der Waals surface area contributed by atoms with E-state index in [0.29, 0.717) is 29.8 Å². The quantitative estimate of drug-likeness (QED) is 0.702. The van der Waals surface area contributed by atoms with Crippen molar-refractivity contribution in [3.8, 4) is 5.75 Å². The molecule has 3 N–H and O–H groups in total. The van der Waals surface area contributed by atoms with Crippen LogP contribution in [-0.2, 0) is 9.59 Å². The summed E-state index contributed by atoms with van der Waals surface area (Å²) in [5.41, 5.74) is 1.69. The summed E-state index contributed by atoms with van der Waals surface area (Å²) in [5, 5.41) is 15.5. The van der Waals surface area contributed by atoms with Gasteiger partial charge in [0.25, 0.3) is 0 Å². The second-order valence-corrected chi connectivity index (χ2v) is 4.48. The van der Waals surface area contributed by atoms with Crippen LogP contribution in [0.25, 0.3) is 0 Å². The highest BCUT2D eigenvalue weighted by molar-refractivity contribution is 5.98. The van der Waals surface area contributed by atoms with Crippen molar-refractivity contribution in [2.75, 3.05) is 10.6 Å². The molecule has 1 aliphatic rings. The molecule has 5 heteroatoms. The number of hydrogen-bond donors (Lipinski definition) is 3. The predicted octanol–water partition coefficient (Wildman–Crippen LogP) is 2.19. The number of hydrogen-bond acceptors (Lipinski definition) is 3. The molecule has 0 saturated heterocycles. The Hall–Kier alpha value is -2.04. The predicted molar refractivity (Wildman–Crippen MR) is 68.7 cm³/mol. The molecule has 2 amide bonds. The van der Waals surface area contributed by atoms with Crippen molar-refractivity contribution >= 4 is 23.2 Å². The molecule has 0 fully saturated rings. The average molecular weight is 248 g/mol. The zero-order valence-electron chi connectivity index (χ0n) is 10.4. The van der Waals surface area contributed by atoms with E-state index in [0.717, 1.165) is 0 Å². The van der Waals surface area contributed by atoms with Crippen LogP contribution in [0.5, 0.6) is 5.75 Å². The van der Waals surface area contributed by atoms with Gasteiger partial charge in [-0.2, -0.15) is 0 Å². The molecule has 1 aromatic carbocycles. The lowest BCUT2D eigenvalue weighted by atomic mass is 9.91. The number of aromatic hydroxyl groups is 1. The largest absolute Gasteiger partial charge is 0.505 e. The highest BCUT2D eigenvalue weighted by Gasteiger charge is 2.26. The maximum atomic E-state index is 11.4. The normalized spacial score (nSPS) is 17.9. The van der Waals surface area contributed by atoms with Gasteiger partial charge in [0, 0.05) is 24.1 Å². The van der Waals surface area contributed by atoms with Gasteiger partial charge in [-0.05, 0) is 18.1 Å². The summed E-state index contributed by atoms with van der Waals surface area (Å²) in [6.45, 7) is 3.62. The van der Waals surface area contributed by atoms with Crippen molar-refractivity contribution in [1.82, 2.24) is 0 Å². The van der Waals surface area contributed by atoms with E-state index in [2.05, 4.69) is 10.6 Å². The summed E-state index contributed by atoms with van der Waals surface area (Å²) in [5.74, 6) is -0.230. The molecule has 1 atom stereocenters. The molecule has 1 aliphatic heterocycles. The Bertz CT molecular complexity index is 511. The number of carbonyl (C=O) groups is 2. The van der Waals surface area contributed by atoms with Crippen molar-refractivity contribution in [3.63, 3.8) is 0 Å². The SMILES string of the molecule is CCC(=O)Nc1ccc2c(c1O)C(C)CC(=O)N2. The van der Waals surface area contributed by atoms with Gasteiger partial charge in [-0.1, -0.05) is 13.8 Å². The molecule has 0 bridgehead atoms. The molecule has 0 spiro atoms. The fraction of sp³-hybridized carbons (Fsp3) is 0.385. The van der Waals surface area contributed by atoms with Gasteiger partial charge in [0.1, 0.15) is 5.75 Å². The summed E-state index contributed by atoms with van der Waals surface area (Å²) in [7, 11) is 0. The standard InChI is InChI=1S/C13H16N2O3/c1-3-10(16)15-9-5-4-8-12(13(9)18)7(2)6-11(17)14-8/h4-5,7,18H,3,6H2,1-2H3,(H,14,17)(H,15,16). The Morgan fingerprint density at radius 1 is 1.56 bits per heavy atom. The number of rotatable bonds is 2. The number of phenolic OH excluding ortho intramolecular Hbond substituents is 1. The summed E-state index contributed by atoms with van der Waals surface area (Å²) >= 11 is 0. The lowest BCUT2D eigenvalue weighted by molar-refractivity contribution is -0.117. The van der Waals surface area contributed by atoms with Gasteiger partial charge in [0.15, 0.2) is 0 Å². The van der Waals surface area contributed by atoms with Gasteiger partial charge >= 0.3 is 0 Å². The van der Waals surface area contributed by atoms with Crippen molar-refractivity contribution in [2.45, 2.75) is 32.6 Å². The van der Waals surface area contributed by atoms with Crippen LogP contribution in [0.2, 0.25) is 0 Å². The second kappa shape index (κ2) is 4.68. The highest BCUT2D eigenvalue weighted by atomic mass is 16.3. The molecule has 0 aliphatic carbocycles. The monoisotopic (exact) mass is 248 g/mol. The van der Waals surface area contributed by atoms with Crippen LogP contribution in [0.1, 0.15) is 38.2 Å². The maximum absolute atomic E-state index is 11.4. The van der Waals surface area contributed by atoms with Crippen LogP contribution in [0, 0.1) is 0 Å². The number of nitrogens with one attached hydrogen (secondary N) is 2. The van der Waals surface area contributed by atoms with Crippen LogP contribution < -0.4 is 10.6 Å². The van der Waals surface area contributed by atoms with Gasteiger partial charge in [0.2, 0.25) is 11.8 Å². The van der Waals surface area contributed by atoms with E-state index >= 15 is 0 Å². The Labute approximate surface area is 105 Å². The van der Waals surface area contributed by atoms with Gasteiger partial charge in [-0.3, -0.25) is 9.59 Å². The van der Waals surface area contributed by atoms with Crippen molar-refractivity contribution < 1.29 is 14.7 Å². The summed E-state index contributed by atoms with van der Waals surface area (Å²) in [6.07, 6.45) is 0.689. The number of carbonyl (C=O) groups excluding carboxylic acids is 2. The van der Waals surface area contributed by atoms with E-state index in [1.807, 2.05) is 6.92 Å². The first-order valence-corrected chi connectivity index (χ1v) is 5.98. The Morgan fingerprint density at radius 3 is 2.94 bits per heavy atom. The van der Waals surface area contributed by atoms with Crippen LogP contribution >= 0.6 is 0 Å². The van der Waals surface area contributed by atoms with Crippen LogP contribution in [0.4, 0.5) is 11.4 Å². The number of anilines is 2. The lowest BCUT2D eigenvalue weighted by Gasteiger charge is -2.24. The molecule has 1 heterocycles. The van der Waals surface area contributed by atoms with Gasteiger partial charge in [-0.25, -0.2) is 0 Å². The van der Waals surface area contributed by atoms with E-state index < -0.39 is 0 Å². The molecule has 96 valence electrons. The average Bonchev–Trinajstić information content (AvgIpc) is 2.31. The Kier molecular flexibility index (Phi) is 3.23. The minimum absolute atomic E-state index is 0.0433. The van der Waals surface area contributed by atoms with Crippen molar-refractivity contribution in [1.29, 1.82) is 0 Å². The van der Waals surface area contributed by atoms with Gasteiger partial charge < -0.3 is 15.7 Å². The Balaban J connectivity index is 2.40. The third kappa shape index (κ3) is 2.16. The number of fused-ring (bicyclic) bond motifs is 1. The number of benzene rings is 1. The van der Waals surface area contributed by atoms with Crippen molar-refractivity contribution in [2.24, 2.45) is 0 Å². The van der Waals surface area contributed by atoms with E-state index in [1.54, 1.807) is 19.1 Å². The molecule has 0 radical (unpaired) electrons. The fourth-order valence-corrected chi connectivity index (χ4v) is 2.14. The molecule has 18 heavy (non-hydrogen) atoms. The highest BCUT2D eigenvalue weighted by Crippen LogP contribution is 2.42. The zero-order valence-corrected chi connectivity index (χ0v) is 10.4. The van der Waals surface area contributed by atoms with E-state index in [4.69, 9.17) is 0 Å². The third-order valence-electron chi connectivity index (χ3n) is 3.07. The van der Waals surface area contributed by atoms with E-state index in [-0.39, 0.29) is 23.5 Å². The maximum Gasteiger partial charge on any atom is 0.224 e. The van der Waals surface area contributed by atoms with E-state index in [9.17, 15) is 14.7 Å². The smallest absolute Gasteiger partial charge is 0.224 e. The zero-order chi connectivity index (χ0) is 13.3. The van der Waals surface area contributed by atoms with Gasteiger partial charge in [-0.15, -0.1) is 0 Å². The summed E-state index contributed by atoms with van der Waals surface area (Å²) in [4.78, 5) is 22.7. The van der Waals surface area contributed by atoms with Crippen LogP contribution in [0.3, 0.4) is 0 Å². The lowest BCUT2D eigenvalue weighted by Crippen LogP contribution is -2.22. The molecular formula is C13H16N2O3. The third-order valence-corrected chi connectivity index (χ3v) is 3.07. The molecule has 1 unspecified atom stereocenters. The minimum atomic E-state index is -0.155. The number of amides is 2. The van der Waals surface area contributed by atoms with Crippen LogP contribution in [-0.4, -0.2) is 16.9 Å². The van der Waals surface area contributed by atoms with Gasteiger partial charge in [0.05, 0.1) is 5.69 Å². The molecule has 2 rings (SSSR count). The van der Waals surface area contributed by atoms with E-state index in [1.165, 1.54) is 0 Å². The summed E-state index contributed by atoms with van der Waals surface area (Å²) < 4.78 is 0. The molecule has 0 aromatic heterocycles. The fourth-order valence-electron chi connectivity index (χ4n) is 2.14. The summed E-state index contributed by atoms with van der Waals surface area (Å²) in [6, 6.07) is 3.30. The first kappa shape index (κ1) is 12.4. The second-order valence-electron chi connectivity index (χ2n) is 4.48.